The fourth-order valence-corrected chi connectivity index (χ4v) is 4.96. The number of hydrogen-bond acceptors (Lipinski definition) is 8. The van der Waals surface area contributed by atoms with Crippen LogP contribution < -0.4 is 10.1 Å². The van der Waals surface area contributed by atoms with E-state index in [9.17, 15) is 0 Å². The first kappa shape index (κ1) is 27.5. The summed E-state index contributed by atoms with van der Waals surface area (Å²) in [5.74, 6) is 1.45. The standard InChI is InChI=1S/C25H24N6O2S.2C2H6/c1-25(5-6-32-12-25)13-33-21-8-16(17-10-29-31(2)11-17)7-20-23(21)24(27-14-26-20)30-18-3-4-19-22(9-18)34-15-28-19;2*1-2/h3-4,7-11,14-15H,5-6,12-13H2,1-2H3,(H,26,27,30);2*1-2H3/t25-;;/m1../s1. The molecule has 0 saturated carbocycles. The van der Waals surface area contributed by atoms with Crippen LogP contribution >= 0.6 is 11.3 Å². The summed E-state index contributed by atoms with van der Waals surface area (Å²) in [6.07, 6.45) is 6.39. The molecular weight excluding hydrogens is 496 g/mol. The Morgan fingerprint density at radius 1 is 1.05 bits per heavy atom. The second-order valence-corrected chi connectivity index (χ2v) is 9.94. The topological polar surface area (TPSA) is 87.0 Å². The maximum Gasteiger partial charge on any atom is 0.145 e. The minimum absolute atomic E-state index is 0.0168. The molecule has 3 aromatic heterocycles. The molecule has 2 aromatic carbocycles. The Hall–Kier alpha value is -3.56. The van der Waals surface area contributed by atoms with Crippen LogP contribution in [0.15, 0.2) is 54.6 Å². The van der Waals surface area contributed by atoms with Crippen molar-refractivity contribution in [3.05, 3.63) is 54.6 Å². The molecule has 1 atom stereocenters. The summed E-state index contributed by atoms with van der Waals surface area (Å²) in [7, 11) is 1.91. The molecule has 0 radical (unpaired) electrons. The summed E-state index contributed by atoms with van der Waals surface area (Å²) in [5.41, 5.74) is 6.58. The number of hydrogen-bond donors (Lipinski definition) is 1. The van der Waals surface area contributed by atoms with Gasteiger partial charge in [0.1, 0.15) is 17.9 Å². The second-order valence-electron chi connectivity index (χ2n) is 9.06. The minimum Gasteiger partial charge on any atom is -0.492 e. The Balaban J connectivity index is 0.000000804. The molecule has 0 amide bonds. The molecule has 0 bridgehead atoms. The monoisotopic (exact) mass is 532 g/mol. The third-order valence-corrected chi connectivity index (χ3v) is 7.00. The van der Waals surface area contributed by atoms with E-state index in [2.05, 4.69) is 50.5 Å². The van der Waals surface area contributed by atoms with Gasteiger partial charge >= 0.3 is 0 Å². The van der Waals surface area contributed by atoms with E-state index in [0.29, 0.717) is 19.0 Å². The lowest BCUT2D eigenvalue weighted by Gasteiger charge is -2.23. The van der Waals surface area contributed by atoms with E-state index in [1.165, 1.54) is 0 Å². The molecule has 200 valence electrons. The van der Waals surface area contributed by atoms with Gasteiger partial charge in [0.05, 0.1) is 46.0 Å². The highest BCUT2D eigenvalue weighted by atomic mass is 32.1. The number of thiazole rings is 1. The summed E-state index contributed by atoms with van der Waals surface area (Å²) < 4.78 is 15.0. The van der Waals surface area contributed by atoms with Crippen LogP contribution in [-0.4, -0.2) is 44.6 Å². The van der Waals surface area contributed by atoms with Gasteiger partial charge in [0.15, 0.2) is 0 Å². The molecule has 5 aromatic rings. The molecule has 1 fully saturated rings. The fraction of sp³-hybridized carbons (Fsp3) is 0.379. The molecule has 1 aliphatic heterocycles. The number of aromatic nitrogens is 5. The lowest BCUT2D eigenvalue weighted by atomic mass is 9.91. The van der Waals surface area contributed by atoms with E-state index in [4.69, 9.17) is 9.47 Å². The molecule has 6 rings (SSSR count). The second kappa shape index (κ2) is 12.3. The van der Waals surface area contributed by atoms with Gasteiger partial charge in [0, 0.05) is 36.5 Å². The predicted molar refractivity (Wildman–Crippen MR) is 156 cm³/mol. The molecule has 8 nitrogen and oxygen atoms in total. The van der Waals surface area contributed by atoms with Gasteiger partial charge in [-0.15, -0.1) is 11.3 Å². The maximum atomic E-state index is 6.48. The third kappa shape index (κ3) is 5.95. The fourth-order valence-electron chi connectivity index (χ4n) is 4.24. The van der Waals surface area contributed by atoms with E-state index in [0.717, 1.165) is 56.7 Å². The summed E-state index contributed by atoms with van der Waals surface area (Å²) in [6.45, 7) is 12.2. The largest absolute Gasteiger partial charge is 0.492 e. The van der Waals surface area contributed by atoms with Crippen molar-refractivity contribution in [2.24, 2.45) is 12.5 Å². The van der Waals surface area contributed by atoms with Crippen LogP contribution in [0.25, 0.3) is 32.2 Å². The first-order valence-corrected chi connectivity index (χ1v) is 14.0. The van der Waals surface area contributed by atoms with Gasteiger partial charge in [-0.1, -0.05) is 34.6 Å². The highest BCUT2D eigenvalue weighted by Crippen LogP contribution is 2.38. The van der Waals surface area contributed by atoms with Gasteiger partial charge in [0.25, 0.3) is 0 Å². The number of nitrogens with zero attached hydrogens (tertiary/aromatic N) is 5. The van der Waals surface area contributed by atoms with Crippen molar-refractivity contribution in [2.45, 2.75) is 41.0 Å². The average molecular weight is 533 g/mol. The van der Waals surface area contributed by atoms with Crippen LogP contribution in [0.4, 0.5) is 11.5 Å². The van der Waals surface area contributed by atoms with E-state index >= 15 is 0 Å². The normalized spacial score (nSPS) is 16.5. The van der Waals surface area contributed by atoms with Crippen molar-refractivity contribution in [3.8, 4) is 16.9 Å². The molecule has 0 spiro atoms. The molecule has 1 aliphatic rings. The van der Waals surface area contributed by atoms with E-state index in [1.54, 1.807) is 22.3 Å². The van der Waals surface area contributed by atoms with Crippen LogP contribution in [0, 0.1) is 5.41 Å². The number of ether oxygens (including phenoxy) is 2. The average Bonchev–Trinajstić information content (AvgIpc) is 3.71. The van der Waals surface area contributed by atoms with Gasteiger partial charge in [-0.05, 0) is 42.3 Å². The molecule has 9 heteroatoms. The highest BCUT2D eigenvalue weighted by Gasteiger charge is 2.31. The minimum atomic E-state index is -0.0168. The van der Waals surface area contributed by atoms with Crippen LogP contribution in [0.2, 0.25) is 0 Å². The predicted octanol–water partition coefficient (Wildman–Crippen LogP) is 7.24. The van der Waals surface area contributed by atoms with Crippen LogP contribution in [0.1, 0.15) is 41.0 Å². The molecule has 4 heterocycles. The lowest BCUT2D eigenvalue weighted by molar-refractivity contribution is 0.118. The Morgan fingerprint density at radius 3 is 2.63 bits per heavy atom. The Labute approximate surface area is 228 Å². The first-order valence-electron chi connectivity index (χ1n) is 13.1. The van der Waals surface area contributed by atoms with Crippen molar-refractivity contribution < 1.29 is 9.47 Å². The number of benzene rings is 2. The Kier molecular flexibility index (Phi) is 8.91. The zero-order chi connectivity index (χ0) is 27.1. The molecule has 0 aliphatic carbocycles. The maximum absolute atomic E-state index is 6.48. The summed E-state index contributed by atoms with van der Waals surface area (Å²) in [4.78, 5) is 13.5. The van der Waals surface area contributed by atoms with Gasteiger partial charge in [-0.25, -0.2) is 15.0 Å². The number of rotatable bonds is 6. The first-order chi connectivity index (χ1) is 18.6. The highest BCUT2D eigenvalue weighted by molar-refractivity contribution is 7.16. The van der Waals surface area contributed by atoms with Gasteiger partial charge in [0.2, 0.25) is 0 Å². The van der Waals surface area contributed by atoms with Crippen LogP contribution in [-0.2, 0) is 11.8 Å². The molecule has 1 saturated heterocycles. The quantitative estimate of drug-likeness (QED) is 0.247. The summed E-state index contributed by atoms with van der Waals surface area (Å²) >= 11 is 1.61. The Morgan fingerprint density at radius 2 is 1.89 bits per heavy atom. The SMILES string of the molecule is CC.CC.Cn1cc(-c2cc(OC[C@]3(C)CCOC3)c3c(Nc4ccc5ncsc5c4)ncnc3c2)cn1. The third-order valence-electron chi connectivity index (χ3n) is 6.21. The molecule has 38 heavy (non-hydrogen) atoms. The number of fused-ring (bicyclic) bond motifs is 2. The molecule has 1 N–H and O–H groups in total. The number of anilines is 2. The number of nitrogens with one attached hydrogen (secondary N) is 1. The van der Waals surface area contributed by atoms with Crippen molar-refractivity contribution in [1.82, 2.24) is 24.7 Å². The zero-order valence-corrected chi connectivity index (χ0v) is 23.8. The summed E-state index contributed by atoms with van der Waals surface area (Å²) in [5, 5.41) is 8.65. The van der Waals surface area contributed by atoms with Crippen molar-refractivity contribution >= 4 is 44.0 Å². The van der Waals surface area contributed by atoms with E-state index in [1.807, 2.05) is 64.8 Å². The number of aryl methyl sites for hydroxylation is 1. The molecular formula is C29H36N6O2S. The van der Waals surface area contributed by atoms with Crippen molar-refractivity contribution in [3.63, 3.8) is 0 Å². The summed E-state index contributed by atoms with van der Waals surface area (Å²) in [6, 6.07) is 10.2. The van der Waals surface area contributed by atoms with Crippen LogP contribution in [0.5, 0.6) is 5.75 Å². The van der Waals surface area contributed by atoms with E-state index < -0.39 is 0 Å². The zero-order valence-electron chi connectivity index (χ0n) is 23.0. The van der Waals surface area contributed by atoms with Crippen molar-refractivity contribution in [1.29, 1.82) is 0 Å². The lowest BCUT2D eigenvalue weighted by Crippen LogP contribution is -2.25. The van der Waals surface area contributed by atoms with E-state index in [-0.39, 0.29) is 5.41 Å². The van der Waals surface area contributed by atoms with Gasteiger partial charge in [-0.3, -0.25) is 4.68 Å². The molecule has 0 unspecified atom stereocenters. The van der Waals surface area contributed by atoms with Crippen LogP contribution in [0.3, 0.4) is 0 Å². The Bertz CT molecular complexity index is 1490. The van der Waals surface area contributed by atoms with Gasteiger partial charge < -0.3 is 14.8 Å². The smallest absolute Gasteiger partial charge is 0.145 e. The van der Waals surface area contributed by atoms with Crippen molar-refractivity contribution in [2.75, 3.05) is 25.1 Å². The van der Waals surface area contributed by atoms with Gasteiger partial charge in [-0.2, -0.15) is 5.10 Å².